The van der Waals surface area contributed by atoms with E-state index in [1.165, 1.54) is 0 Å². The lowest BCUT2D eigenvalue weighted by Gasteiger charge is -2.17. The number of hydrogen-bond acceptors (Lipinski definition) is 6. The van der Waals surface area contributed by atoms with E-state index in [9.17, 15) is 0 Å². The smallest absolute Gasteiger partial charge is 0.231 e. The van der Waals surface area contributed by atoms with Crippen LogP contribution in [0.3, 0.4) is 0 Å². The number of aromatic nitrogens is 3. The molecule has 1 N–H and O–H groups in total. The molecule has 0 aliphatic carbocycles. The lowest BCUT2D eigenvalue weighted by Crippen LogP contribution is -2.09. The summed E-state index contributed by atoms with van der Waals surface area (Å²) in [7, 11) is 0. The summed E-state index contributed by atoms with van der Waals surface area (Å²) in [5.74, 6) is 3.02. The molecule has 4 aromatic rings. The summed E-state index contributed by atoms with van der Waals surface area (Å²) in [5, 5.41) is 4.52. The average Bonchev–Trinajstić information content (AvgIpc) is 3.22. The van der Waals surface area contributed by atoms with Gasteiger partial charge in [-0.15, -0.1) is 0 Å². The van der Waals surface area contributed by atoms with Gasteiger partial charge >= 0.3 is 0 Å². The summed E-state index contributed by atoms with van der Waals surface area (Å²) in [4.78, 5) is 13.6. The summed E-state index contributed by atoms with van der Waals surface area (Å²) in [6.45, 7) is 2.37. The van der Waals surface area contributed by atoms with E-state index in [1.807, 2.05) is 54.6 Å². The van der Waals surface area contributed by atoms with Gasteiger partial charge in [0, 0.05) is 23.3 Å². The second kappa shape index (κ2) is 6.81. The number of nitrogens with one attached hydrogen (secondary N) is 1. The maximum absolute atomic E-state index is 5.51. The third kappa shape index (κ3) is 2.99. The van der Waals surface area contributed by atoms with Crippen molar-refractivity contribution in [2.24, 2.45) is 0 Å². The summed E-state index contributed by atoms with van der Waals surface area (Å²) in [6.07, 6.45) is 3.49. The fraction of sp³-hybridized carbons (Fsp3) is 0.136. The van der Waals surface area contributed by atoms with Crippen LogP contribution in [-0.2, 0) is 0 Å². The molecule has 0 saturated carbocycles. The Morgan fingerprint density at radius 1 is 0.929 bits per heavy atom. The van der Waals surface area contributed by atoms with E-state index in [-0.39, 0.29) is 12.8 Å². The molecule has 6 heteroatoms. The van der Waals surface area contributed by atoms with Gasteiger partial charge in [-0.2, -0.15) is 0 Å². The van der Waals surface area contributed by atoms with Crippen LogP contribution in [-0.4, -0.2) is 21.7 Å². The Balaban J connectivity index is 1.54. The van der Waals surface area contributed by atoms with Gasteiger partial charge in [-0.3, -0.25) is 4.98 Å². The zero-order valence-electron chi connectivity index (χ0n) is 15.3. The second-order valence-electron chi connectivity index (χ2n) is 6.63. The van der Waals surface area contributed by atoms with Crippen LogP contribution < -0.4 is 14.8 Å². The largest absolute Gasteiger partial charge is 0.454 e. The van der Waals surface area contributed by atoms with Crippen LogP contribution >= 0.6 is 0 Å². The quantitative estimate of drug-likeness (QED) is 0.566. The van der Waals surface area contributed by atoms with E-state index in [4.69, 9.17) is 19.4 Å². The average molecular weight is 370 g/mol. The zero-order chi connectivity index (χ0) is 18.9. The molecule has 0 saturated heterocycles. The number of rotatable bonds is 4. The number of nitrogens with zero attached hydrogens (tertiary/aromatic N) is 3. The fourth-order valence-corrected chi connectivity index (χ4v) is 3.29. The minimum absolute atomic E-state index is 0.0260. The van der Waals surface area contributed by atoms with E-state index in [1.54, 1.807) is 12.4 Å². The topological polar surface area (TPSA) is 69.2 Å². The first-order valence-corrected chi connectivity index (χ1v) is 9.11. The van der Waals surface area contributed by atoms with Crippen molar-refractivity contribution in [1.82, 2.24) is 15.0 Å². The Labute approximate surface area is 162 Å². The Morgan fingerprint density at radius 2 is 1.75 bits per heavy atom. The van der Waals surface area contributed by atoms with Crippen molar-refractivity contribution in [2.75, 3.05) is 12.1 Å². The number of anilines is 1. The highest BCUT2D eigenvalue weighted by molar-refractivity contribution is 5.90. The van der Waals surface area contributed by atoms with Crippen molar-refractivity contribution < 1.29 is 9.47 Å². The molecule has 1 atom stereocenters. The van der Waals surface area contributed by atoms with Crippen molar-refractivity contribution in [3.8, 4) is 22.9 Å². The first-order valence-electron chi connectivity index (χ1n) is 9.11. The normalized spacial score (nSPS) is 13.5. The lowest BCUT2D eigenvalue weighted by atomic mass is 10.1. The molecule has 0 spiro atoms. The summed E-state index contributed by atoms with van der Waals surface area (Å²) < 4.78 is 10.9. The van der Waals surface area contributed by atoms with Crippen molar-refractivity contribution in [2.45, 2.75) is 13.0 Å². The van der Waals surface area contributed by atoms with Gasteiger partial charge in [0.2, 0.25) is 6.79 Å². The third-order valence-corrected chi connectivity index (χ3v) is 4.79. The van der Waals surface area contributed by atoms with Crippen molar-refractivity contribution in [1.29, 1.82) is 0 Å². The molecular formula is C22H18N4O2. The molecular weight excluding hydrogens is 352 g/mol. The molecule has 2 aromatic carbocycles. The Bertz CT molecular complexity index is 1150. The molecule has 0 unspecified atom stereocenters. The third-order valence-electron chi connectivity index (χ3n) is 4.79. The minimum atomic E-state index is 0.0260. The highest BCUT2D eigenvalue weighted by atomic mass is 16.7. The molecule has 3 heterocycles. The standard InChI is InChI=1S/C22H18N4O2/c1-14(16-6-7-19-20(12-16)28-13-27-19)24-22-17-4-2-3-5-18(17)25-21(26-22)15-8-10-23-11-9-15/h2-12,14H,13H2,1H3,(H,24,25,26)/t14-/m0/s1. The van der Waals surface area contributed by atoms with Crippen LogP contribution in [0, 0.1) is 0 Å². The maximum Gasteiger partial charge on any atom is 0.231 e. The summed E-state index contributed by atoms with van der Waals surface area (Å²) in [5.41, 5.74) is 2.92. The number of hydrogen-bond donors (Lipinski definition) is 1. The molecule has 138 valence electrons. The van der Waals surface area contributed by atoms with Gasteiger partial charge in [-0.05, 0) is 48.9 Å². The predicted molar refractivity (Wildman–Crippen MR) is 107 cm³/mol. The molecule has 6 nitrogen and oxygen atoms in total. The van der Waals surface area contributed by atoms with Gasteiger partial charge in [0.15, 0.2) is 17.3 Å². The summed E-state index contributed by atoms with van der Waals surface area (Å²) >= 11 is 0. The Kier molecular flexibility index (Phi) is 4.01. The van der Waals surface area contributed by atoms with Crippen LogP contribution in [0.2, 0.25) is 0 Å². The van der Waals surface area contributed by atoms with Gasteiger partial charge in [-0.1, -0.05) is 18.2 Å². The number of benzene rings is 2. The predicted octanol–water partition coefficient (Wildman–Crippen LogP) is 4.59. The van der Waals surface area contributed by atoms with Crippen LogP contribution in [0.25, 0.3) is 22.3 Å². The van der Waals surface area contributed by atoms with Crippen molar-refractivity contribution in [3.63, 3.8) is 0 Å². The van der Waals surface area contributed by atoms with Crippen LogP contribution in [0.1, 0.15) is 18.5 Å². The number of ether oxygens (including phenoxy) is 2. The molecule has 2 aromatic heterocycles. The van der Waals surface area contributed by atoms with E-state index in [0.29, 0.717) is 5.82 Å². The van der Waals surface area contributed by atoms with E-state index in [0.717, 1.165) is 39.3 Å². The van der Waals surface area contributed by atoms with Gasteiger partial charge in [0.25, 0.3) is 0 Å². The van der Waals surface area contributed by atoms with Crippen LogP contribution in [0.15, 0.2) is 67.0 Å². The first kappa shape index (κ1) is 16.5. The molecule has 5 rings (SSSR count). The molecule has 28 heavy (non-hydrogen) atoms. The number of para-hydroxylation sites is 1. The van der Waals surface area contributed by atoms with Crippen molar-refractivity contribution in [3.05, 3.63) is 72.6 Å². The number of pyridine rings is 1. The molecule has 0 bridgehead atoms. The highest BCUT2D eigenvalue weighted by Crippen LogP contribution is 2.35. The molecule has 0 radical (unpaired) electrons. The van der Waals surface area contributed by atoms with Gasteiger partial charge in [-0.25, -0.2) is 9.97 Å². The lowest BCUT2D eigenvalue weighted by molar-refractivity contribution is 0.174. The second-order valence-corrected chi connectivity index (χ2v) is 6.63. The fourth-order valence-electron chi connectivity index (χ4n) is 3.29. The summed E-state index contributed by atoms with van der Waals surface area (Å²) in [6, 6.07) is 17.8. The minimum Gasteiger partial charge on any atom is -0.454 e. The molecule has 1 aliphatic rings. The van der Waals surface area contributed by atoms with E-state index < -0.39 is 0 Å². The Hall–Kier alpha value is -3.67. The number of fused-ring (bicyclic) bond motifs is 2. The molecule has 1 aliphatic heterocycles. The van der Waals surface area contributed by atoms with Gasteiger partial charge in [0.1, 0.15) is 5.82 Å². The van der Waals surface area contributed by atoms with Crippen molar-refractivity contribution >= 4 is 16.7 Å². The van der Waals surface area contributed by atoms with Gasteiger partial charge in [0.05, 0.1) is 11.6 Å². The highest BCUT2D eigenvalue weighted by Gasteiger charge is 2.17. The monoisotopic (exact) mass is 370 g/mol. The van der Waals surface area contributed by atoms with Crippen LogP contribution in [0.4, 0.5) is 5.82 Å². The van der Waals surface area contributed by atoms with Crippen LogP contribution in [0.5, 0.6) is 11.5 Å². The van der Waals surface area contributed by atoms with E-state index in [2.05, 4.69) is 17.2 Å². The van der Waals surface area contributed by atoms with E-state index >= 15 is 0 Å². The van der Waals surface area contributed by atoms with Gasteiger partial charge < -0.3 is 14.8 Å². The Morgan fingerprint density at radius 3 is 2.64 bits per heavy atom. The SMILES string of the molecule is C[C@H](Nc1nc(-c2ccncc2)nc2ccccc12)c1ccc2c(c1)OCO2. The first-order chi connectivity index (χ1) is 13.8. The maximum atomic E-state index is 5.51. The zero-order valence-corrected chi connectivity index (χ0v) is 15.3. The molecule has 0 amide bonds. The molecule has 0 fully saturated rings.